The van der Waals surface area contributed by atoms with Crippen molar-refractivity contribution in [1.82, 2.24) is 4.31 Å². The second-order valence-corrected chi connectivity index (χ2v) is 7.52. The maximum atomic E-state index is 12.9. The van der Waals surface area contributed by atoms with Crippen molar-refractivity contribution in [1.29, 1.82) is 5.26 Å². The van der Waals surface area contributed by atoms with Gasteiger partial charge in [0.15, 0.2) is 0 Å². The lowest BCUT2D eigenvalue weighted by atomic mass is 9.95. The molecule has 0 radical (unpaired) electrons. The van der Waals surface area contributed by atoms with E-state index in [1.165, 1.54) is 16.4 Å². The van der Waals surface area contributed by atoms with Crippen LogP contribution in [0.4, 0.5) is 0 Å². The van der Waals surface area contributed by atoms with Gasteiger partial charge in [0.25, 0.3) is 0 Å². The summed E-state index contributed by atoms with van der Waals surface area (Å²) in [5.41, 5.74) is 7.37. The Kier molecular flexibility index (Phi) is 4.18. The van der Waals surface area contributed by atoms with Crippen LogP contribution in [-0.2, 0) is 10.0 Å². The largest absolute Gasteiger partial charge is 0.326 e. The highest BCUT2D eigenvalue weighted by atomic mass is 32.2. The highest BCUT2D eigenvalue weighted by Gasteiger charge is 2.38. The van der Waals surface area contributed by atoms with Gasteiger partial charge >= 0.3 is 0 Å². The smallest absolute Gasteiger partial charge is 0.244 e. The zero-order valence-corrected chi connectivity index (χ0v) is 13.3. The number of nitrogens with zero attached hydrogens (tertiary/aromatic N) is 2. The molecule has 2 unspecified atom stereocenters. The molecule has 2 aromatic rings. The molecule has 5 nitrogen and oxygen atoms in total. The van der Waals surface area contributed by atoms with Crippen LogP contribution in [0.15, 0.2) is 59.5 Å². The van der Waals surface area contributed by atoms with E-state index in [0.29, 0.717) is 6.54 Å². The van der Waals surface area contributed by atoms with Crippen LogP contribution in [0.25, 0.3) is 0 Å². The predicted molar refractivity (Wildman–Crippen MR) is 87.1 cm³/mol. The summed E-state index contributed by atoms with van der Waals surface area (Å²) in [6, 6.07) is 17.6. The highest BCUT2D eigenvalue weighted by Crippen LogP contribution is 2.31. The Morgan fingerprint density at radius 1 is 1.04 bits per heavy atom. The first kappa shape index (κ1) is 15.7. The molecule has 2 N–H and O–H groups in total. The van der Waals surface area contributed by atoms with Gasteiger partial charge in [-0.3, -0.25) is 0 Å². The first-order valence-corrected chi connectivity index (χ1v) is 8.78. The van der Waals surface area contributed by atoms with Crippen LogP contribution in [0.2, 0.25) is 0 Å². The van der Waals surface area contributed by atoms with E-state index in [2.05, 4.69) is 0 Å². The highest BCUT2D eigenvalue weighted by molar-refractivity contribution is 7.89. The van der Waals surface area contributed by atoms with Gasteiger partial charge in [-0.05, 0) is 17.7 Å². The summed E-state index contributed by atoms with van der Waals surface area (Å²) in [7, 11) is -3.72. The molecule has 0 saturated carbocycles. The van der Waals surface area contributed by atoms with Crippen molar-refractivity contribution in [3.05, 3.63) is 65.7 Å². The summed E-state index contributed by atoms with van der Waals surface area (Å²) < 4.78 is 27.1. The van der Waals surface area contributed by atoms with E-state index in [1.54, 1.807) is 12.1 Å². The summed E-state index contributed by atoms with van der Waals surface area (Å²) in [6.07, 6.45) is 0. The third kappa shape index (κ3) is 2.86. The molecule has 0 spiro atoms. The molecule has 6 heteroatoms. The van der Waals surface area contributed by atoms with E-state index in [4.69, 9.17) is 11.0 Å². The minimum atomic E-state index is -3.72. The van der Waals surface area contributed by atoms with Crippen molar-refractivity contribution in [2.24, 2.45) is 5.73 Å². The second-order valence-electron chi connectivity index (χ2n) is 5.61. The molecule has 1 aliphatic rings. The van der Waals surface area contributed by atoms with Gasteiger partial charge < -0.3 is 5.73 Å². The van der Waals surface area contributed by atoms with Gasteiger partial charge in [0.2, 0.25) is 10.0 Å². The van der Waals surface area contributed by atoms with E-state index >= 15 is 0 Å². The summed E-state index contributed by atoms with van der Waals surface area (Å²) in [5.74, 6) is -0.0415. The van der Waals surface area contributed by atoms with Crippen molar-refractivity contribution >= 4 is 10.0 Å². The van der Waals surface area contributed by atoms with Gasteiger partial charge in [-0.2, -0.15) is 9.57 Å². The Morgan fingerprint density at radius 3 is 2.39 bits per heavy atom. The zero-order valence-electron chi connectivity index (χ0n) is 12.5. The Bertz CT molecular complexity index is 844. The Morgan fingerprint density at radius 2 is 1.70 bits per heavy atom. The molecule has 1 saturated heterocycles. The molecule has 118 valence electrons. The van der Waals surface area contributed by atoms with Crippen LogP contribution in [0, 0.1) is 11.3 Å². The number of hydrogen-bond acceptors (Lipinski definition) is 4. The van der Waals surface area contributed by atoms with Crippen molar-refractivity contribution in [2.75, 3.05) is 13.1 Å². The Labute approximate surface area is 136 Å². The molecule has 3 rings (SSSR count). The molecular formula is C17H17N3O2S. The molecule has 1 aliphatic heterocycles. The molecule has 0 aromatic heterocycles. The SMILES string of the molecule is N#Cc1ccccc1S(=O)(=O)N1CC(N)C(c2ccccc2)C1. The van der Waals surface area contributed by atoms with Crippen LogP contribution in [-0.4, -0.2) is 31.9 Å². The third-order valence-electron chi connectivity index (χ3n) is 4.18. The number of sulfonamides is 1. The van der Waals surface area contributed by atoms with Gasteiger partial charge in [0, 0.05) is 25.0 Å². The summed E-state index contributed by atoms with van der Waals surface area (Å²) >= 11 is 0. The van der Waals surface area contributed by atoms with E-state index in [9.17, 15) is 8.42 Å². The summed E-state index contributed by atoms with van der Waals surface area (Å²) in [4.78, 5) is 0.0448. The Balaban J connectivity index is 1.93. The molecule has 2 atom stereocenters. The fraction of sp³-hybridized carbons (Fsp3) is 0.235. The van der Waals surface area contributed by atoms with E-state index in [1.807, 2.05) is 36.4 Å². The molecule has 1 fully saturated rings. The van der Waals surface area contributed by atoms with E-state index in [-0.39, 0.29) is 29.0 Å². The van der Waals surface area contributed by atoms with E-state index in [0.717, 1.165) is 5.56 Å². The molecular weight excluding hydrogens is 310 g/mol. The maximum Gasteiger partial charge on any atom is 0.244 e. The lowest BCUT2D eigenvalue weighted by Gasteiger charge is -2.17. The van der Waals surface area contributed by atoms with Crippen molar-refractivity contribution in [3.63, 3.8) is 0 Å². The molecule has 1 heterocycles. The fourth-order valence-electron chi connectivity index (χ4n) is 2.96. The van der Waals surface area contributed by atoms with Crippen molar-refractivity contribution in [3.8, 4) is 6.07 Å². The van der Waals surface area contributed by atoms with Crippen molar-refractivity contribution in [2.45, 2.75) is 16.9 Å². The quantitative estimate of drug-likeness (QED) is 0.929. The normalized spacial score (nSPS) is 21.9. The predicted octanol–water partition coefficient (Wildman–Crippen LogP) is 1.67. The average molecular weight is 327 g/mol. The minimum Gasteiger partial charge on any atom is -0.326 e. The number of benzene rings is 2. The van der Waals surface area contributed by atoms with Crippen LogP contribution >= 0.6 is 0 Å². The second kappa shape index (κ2) is 6.13. The van der Waals surface area contributed by atoms with Gasteiger partial charge in [-0.25, -0.2) is 8.42 Å². The average Bonchev–Trinajstić information content (AvgIpc) is 2.98. The van der Waals surface area contributed by atoms with Crippen LogP contribution < -0.4 is 5.73 Å². The lowest BCUT2D eigenvalue weighted by Crippen LogP contribution is -2.32. The Hall–Kier alpha value is -2.20. The third-order valence-corrected chi connectivity index (χ3v) is 6.07. The molecule has 2 aromatic carbocycles. The van der Waals surface area contributed by atoms with Crippen LogP contribution in [0.1, 0.15) is 17.0 Å². The van der Waals surface area contributed by atoms with Gasteiger partial charge in [0.05, 0.1) is 10.5 Å². The zero-order chi connectivity index (χ0) is 16.4. The molecule has 0 bridgehead atoms. The lowest BCUT2D eigenvalue weighted by molar-refractivity contribution is 0.470. The topological polar surface area (TPSA) is 87.2 Å². The first-order chi connectivity index (χ1) is 11.0. The minimum absolute atomic E-state index is 0.0415. The number of nitriles is 1. The number of nitrogens with two attached hydrogens (primary N) is 1. The first-order valence-electron chi connectivity index (χ1n) is 7.34. The van der Waals surface area contributed by atoms with Crippen molar-refractivity contribution < 1.29 is 8.42 Å². The standard InChI is InChI=1S/C17H17N3O2S/c18-10-14-8-4-5-9-17(14)23(21,22)20-11-15(16(19)12-20)13-6-2-1-3-7-13/h1-9,15-16H,11-12,19H2. The van der Waals surface area contributed by atoms with Gasteiger partial charge in [-0.1, -0.05) is 42.5 Å². The van der Waals surface area contributed by atoms with Crippen LogP contribution in [0.3, 0.4) is 0 Å². The summed E-state index contributed by atoms with van der Waals surface area (Å²) in [6.45, 7) is 0.578. The summed E-state index contributed by atoms with van der Waals surface area (Å²) in [5, 5.41) is 9.15. The maximum absolute atomic E-state index is 12.9. The van der Waals surface area contributed by atoms with Gasteiger partial charge in [-0.15, -0.1) is 0 Å². The number of hydrogen-bond donors (Lipinski definition) is 1. The molecule has 0 aliphatic carbocycles. The fourth-order valence-corrected chi connectivity index (χ4v) is 4.61. The monoisotopic (exact) mass is 327 g/mol. The van der Waals surface area contributed by atoms with Gasteiger partial charge in [0.1, 0.15) is 6.07 Å². The molecule has 23 heavy (non-hydrogen) atoms. The molecule has 0 amide bonds. The van der Waals surface area contributed by atoms with E-state index < -0.39 is 10.0 Å². The number of rotatable bonds is 3. The van der Waals surface area contributed by atoms with Crippen LogP contribution in [0.5, 0.6) is 0 Å².